The minimum absolute atomic E-state index is 0.578. The number of hydrogen-bond donors (Lipinski definition) is 0. The van der Waals surface area contributed by atoms with Gasteiger partial charge in [-0.1, -0.05) is 25.0 Å². The zero-order valence-corrected chi connectivity index (χ0v) is 11.7. The Hall–Kier alpha value is -1.35. The molecule has 3 nitrogen and oxygen atoms in total. The van der Waals surface area contributed by atoms with Gasteiger partial charge in [0.2, 0.25) is 0 Å². The molecule has 0 radical (unpaired) electrons. The van der Waals surface area contributed by atoms with Crippen molar-refractivity contribution < 1.29 is 0 Å². The number of aromatic nitrogens is 2. The molecule has 0 amide bonds. The predicted molar refractivity (Wildman–Crippen MR) is 79.9 cm³/mol. The van der Waals surface area contributed by atoms with Gasteiger partial charge in [-0.3, -0.25) is 4.98 Å². The van der Waals surface area contributed by atoms with Crippen LogP contribution in [0.5, 0.6) is 0 Å². The van der Waals surface area contributed by atoms with Crippen LogP contribution in [0, 0.1) is 0 Å². The number of halogens is 1. The SMILES string of the molecule is ClCCN(c1cnc2ccccc2n1)C1CCCC1. The summed E-state index contributed by atoms with van der Waals surface area (Å²) in [5.74, 6) is 1.59. The van der Waals surface area contributed by atoms with E-state index in [4.69, 9.17) is 16.6 Å². The van der Waals surface area contributed by atoms with E-state index in [9.17, 15) is 0 Å². The summed E-state index contributed by atoms with van der Waals surface area (Å²) in [6.45, 7) is 0.846. The number of fused-ring (bicyclic) bond motifs is 1. The van der Waals surface area contributed by atoms with Gasteiger partial charge >= 0.3 is 0 Å². The van der Waals surface area contributed by atoms with Gasteiger partial charge in [0.25, 0.3) is 0 Å². The van der Waals surface area contributed by atoms with Crippen molar-refractivity contribution in [2.45, 2.75) is 31.7 Å². The van der Waals surface area contributed by atoms with Gasteiger partial charge in [-0.25, -0.2) is 4.98 Å². The summed E-state index contributed by atoms with van der Waals surface area (Å²) in [6, 6.07) is 8.58. The van der Waals surface area contributed by atoms with E-state index < -0.39 is 0 Å². The summed E-state index contributed by atoms with van der Waals surface area (Å²) in [6.07, 6.45) is 6.99. The van der Waals surface area contributed by atoms with Gasteiger partial charge in [-0.2, -0.15) is 0 Å². The summed E-state index contributed by atoms with van der Waals surface area (Å²) in [5.41, 5.74) is 1.90. The molecule has 1 aromatic carbocycles. The lowest BCUT2D eigenvalue weighted by Crippen LogP contribution is -2.35. The summed E-state index contributed by atoms with van der Waals surface area (Å²) in [5, 5.41) is 0. The fourth-order valence-corrected chi connectivity index (χ4v) is 3.06. The maximum absolute atomic E-state index is 5.95. The van der Waals surface area contributed by atoms with Gasteiger partial charge in [0.1, 0.15) is 5.82 Å². The third-order valence-corrected chi connectivity index (χ3v) is 3.99. The lowest BCUT2D eigenvalue weighted by molar-refractivity contribution is 0.614. The molecule has 1 aromatic heterocycles. The van der Waals surface area contributed by atoms with Gasteiger partial charge in [-0.05, 0) is 25.0 Å². The van der Waals surface area contributed by atoms with Crippen molar-refractivity contribution in [3.05, 3.63) is 30.5 Å². The topological polar surface area (TPSA) is 29.0 Å². The minimum atomic E-state index is 0.578. The largest absolute Gasteiger partial charge is 0.351 e. The third kappa shape index (κ3) is 2.66. The van der Waals surface area contributed by atoms with E-state index in [0.717, 1.165) is 23.4 Å². The molecule has 100 valence electrons. The highest BCUT2D eigenvalue weighted by atomic mass is 35.5. The predicted octanol–water partition coefficient (Wildman–Crippen LogP) is 3.62. The first-order valence-electron chi connectivity index (χ1n) is 6.93. The van der Waals surface area contributed by atoms with Gasteiger partial charge in [-0.15, -0.1) is 11.6 Å². The Balaban J connectivity index is 1.94. The van der Waals surface area contributed by atoms with Crippen LogP contribution in [-0.2, 0) is 0 Å². The second-order valence-corrected chi connectivity index (χ2v) is 5.42. The Kier molecular flexibility index (Phi) is 3.83. The highest BCUT2D eigenvalue weighted by molar-refractivity contribution is 6.18. The smallest absolute Gasteiger partial charge is 0.148 e. The second-order valence-electron chi connectivity index (χ2n) is 5.04. The number of anilines is 1. The van der Waals surface area contributed by atoms with E-state index in [0.29, 0.717) is 11.9 Å². The number of benzene rings is 1. The Morgan fingerprint density at radius 2 is 1.89 bits per heavy atom. The number of para-hydroxylation sites is 2. The average Bonchev–Trinajstić information content (AvgIpc) is 2.98. The van der Waals surface area contributed by atoms with Crippen molar-refractivity contribution in [2.24, 2.45) is 0 Å². The first-order valence-corrected chi connectivity index (χ1v) is 7.46. The van der Waals surface area contributed by atoms with E-state index in [1.165, 1.54) is 25.7 Å². The van der Waals surface area contributed by atoms with Crippen molar-refractivity contribution in [2.75, 3.05) is 17.3 Å². The molecule has 0 aliphatic heterocycles. The van der Waals surface area contributed by atoms with E-state index in [-0.39, 0.29) is 0 Å². The van der Waals surface area contributed by atoms with Crippen molar-refractivity contribution in [1.29, 1.82) is 0 Å². The molecule has 0 bridgehead atoms. The monoisotopic (exact) mass is 275 g/mol. The number of alkyl halides is 1. The van der Waals surface area contributed by atoms with Crippen LogP contribution in [-0.4, -0.2) is 28.4 Å². The summed E-state index contributed by atoms with van der Waals surface area (Å²) in [4.78, 5) is 11.6. The third-order valence-electron chi connectivity index (χ3n) is 3.82. The van der Waals surface area contributed by atoms with Gasteiger partial charge in [0.05, 0.1) is 17.2 Å². The molecule has 1 aliphatic carbocycles. The maximum atomic E-state index is 5.95. The van der Waals surface area contributed by atoms with Crippen LogP contribution in [0.2, 0.25) is 0 Å². The molecule has 19 heavy (non-hydrogen) atoms. The molecular weight excluding hydrogens is 258 g/mol. The first kappa shape index (κ1) is 12.7. The van der Waals surface area contributed by atoms with Crippen LogP contribution in [0.3, 0.4) is 0 Å². The lowest BCUT2D eigenvalue weighted by atomic mass is 10.2. The van der Waals surface area contributed by atoms with Crippen LogP contribution in [0.4, 0.5) is 5.82 Å². The van der Waals surface area contributed by atoms with Crippen molar-refractivity contribution >= 4 is 28.5 Å². The van der Waals surface area contributed by atoms with E-state index in [2.05, 4.69) is 9.88 Å². The summed E-state index contributed by atoms with van der Waals surface area (Å²) >= 11 is 5.95. The summed E-state index contributed by atoms with van der Waals surface area (Å²) < 4.78 is 0. The first-order chi connectivity index (χ1) is 9.38. The molecule has 0 N–H and O–H groups in total. The lowest BCUT2D eigenvalue weighted by Gasteiger charge is -2.29. The molecule has 3 rings (SSSR count). The van der Waals surface area contributed by atoms with Gasteiger partial charge in [0, 0.05) is 18.5 Å². The summed E-state index contributed by atoms with van der Waals surface area (Å²) in [7, 11) is 0. The number of rotatable bonds is 4. The molecule has 1 aliphatic rings. The Labute approximate surface area is 118 Å². The standard InChI is InChI=1S/C15H18ClN3/c16-9-10-19(12-5-1-2-6-12)15-11-17-13-7-3-4-8-14(13)18-15/h3-4,7-8,11-12H,1-2,5-6,9-10H2. The zero-order chi connectivity index (χ0) is 13.1. The van der Waals surface area contributed by atoms with Crippen LogP contribution in [0.1, 0.15) is 25.7 Å². The highest BCUT2D eigenvalue weighted by Crippen LogP contribution is 2.27. The molecule has 0 spiro atoms. The van der Waals surface area contributed by atoms with Crippen LogP contribution in [0.15, 0.2) is 30.5 Å². The van der Waals surface area contributed by atoms with Crippen molar-refractivity contribution in [3.63, 3.8) is 0 Å². The molecular formula is C15H18ClN3. The van der Waals surface area contributed by atoms with Crippen LogP contribution in [0.25, 0.3) is 11.0 Å². The molecule has 0 saturated heterocycles. The fraction of sp³-hybridized carbons (Fsp3) is 0.467. The van der Waals surface area contributed by atoms with Crippen molar-refractivity contribution in [3.8, 4) is 0 Å². The van der Waals surface area contributed by atoms with Crippen molar-refractivity contribution in [1.82, 2.24) is 9.97 Å². The Bertz CT molecular complexity index is 552. The van der Waals surface area contributed by atoms with E-state index in [1.54, 1.807) is 0 Å². The zero-order valence-electron chi connectivity index (χ0n) is 10.9. The normalized spacial score (nSPS) is 16.1. The van der Waals surface area contributed by atoms with Crippen LogP contribution < -0.4 is 4.90 Å². The van der Waals surface area contributed by atoms with E-state index in [1.807, 2.05) is 30.5 Å². The molecule has 0 atom stereocenters. The van der Waals surface area contributed by atoms with E-state index >= 15 is 0 Å². The Morgan fingerprint density at radius 3 is 2.63 bits per heavy atom. The molecule has 1 heterocycles. The molecule has 1 fully saturated rings. The average molecular weight is 276 g/mol. The molecule has 1 saturated carbocycles. The number of nitrogens with zero attached hydrogens (tertiary/aromatic N) is 3. The Morgan fingerprint density at radius 1 is 1.16 bits per heavy atom. The van der Waals surface area contributed by atoms with Gasteiger partial charge in [0.15, 0.2) is 0 Å². The molecule has 0 unspecified atom stereocenters. The highest BCUT2D eigenvalue weighted by Gasteiger charge is 2.23. The van der Waals surface area contributed by atoms with Gasteiger partial charge < -0.3 is 4.90 Å². The fourth-order valence-electron chi connectivity index (χ4n) is 2.88. The molecule has 4 heteroatoms. The second kappa shape index (κ2) is 5.74. The molecule has 2 aromatic rings. The minimum Gasteiger partial charge on any atom is -0.351 e. The van der Waals surface area contributed by atoms with Crippen LogP contribution >= 0.6 is 11.6 Å². The quantitative estimate of drug-likeness (QED) is 0.798. The number of hydrogen-bond acceptors (Lipinski definition) is 3. The maximum Gasteiger partial charge on any atom is 0.148 e.